The molecule has 0 N–H and O–H groups in total. The molecule has 0 saturated heterocycles. The number of benzene rings is 6. The number of aryl methyl sites for hydroxylation is 1. The van der Waals surface area contributed by atoms with Crippen LogP contribution < -0.4 is 0 Å². The fourth-order valence-electron chi connectivity index (χ4n) is 7.45. The average Bonchev–Trinajstić information content (AvgIpc) is 3.24. The minimum atomic E-state index is -11.2. The van der Waals surface area contributed by atoms with Crippen LogP contribution in [0.25, 0.3) is 0 Å². The summed E-state index contributed by atoms with van der Waals surface area (Å²) in [5.41, 5.74) is -2.07. The van der Waals surface area contributed by atoms with E-state index in [1.165, 1.54) is 6.07 Å². The van der Waals surface area contributed by atoms with Gasteiger partial charge in [-0.05, 0) is 0 Å². The molecule has 1 unspecified atom stereocenters. The molecular weight excluding hydrogens is 987 g/mol. The summed E-state index contributed by atoms with van der Waals surface area (Å²) in [5.74, 6) is -71.3. The second kappa shape index (κ2) is 15.2. The summed E-state index contributed by atoms with van der Waals surface area (Å²) in [6.07, 6.45) is -1.80. The van der Waals surface area contributed by atoms with Gasteiger partial charge in [-0.15, -0.1) is 0 Å². The van der Waals surface area contributed by atoms with E-state index in [-0.39, 0.29) is 12.5 Å². The van der Waals surface area contributed by atoms with E-state index < -0.39 is 169 Å². The summed E-state index contributed by atoms with van der Waals surface area (Å²) in [6, 6.07) is 7.60. The molecule has 0 spiro atoms. The topological polar surface area (TPSA) is 0 Å². The molecule has 0 aromatic heterocycles. The fourth-order valence-corrected chi connectivity index (χ4v) is 27.7. The number of hydrogen-bond acceptors (Lipinski definition) is 0. The second-order valence-corrected chi connectivity index (χ2v) is 25.2. The van der Waals surface area contributed by atoms with Crippen molar-refractivity contribution in [1.29, 1.82) is 0 Å². The second-order valence-electron chi connectivity index (χ2n) is 13.1. The SMILES string of the molecule is Cc1ccccc1CC(C)(c1ccccc1)I(c1c(F)c(F)c(F)c(F)c1F)(c1c(F)c(F)c(F)c(F)c1F)(c1c(F)c(F)c(F)c(F)c1F)c1c(F)c(F)c(F)c(F)c1F. The van der Waals surface area contributed by atoms with Gasteiger partial charge in [-0.2, -0.15) is 0 Å². The average molecular weight is 1000 g/mol. The van der Waals surface area contributed by atoms with Crippen molar-refractivity contribution in [3.05, 3.63) is 202 Å². The number of hydrogen-bond donors (Lipinski definition) is 0. The minimum absolute atomic E-state index is 0.0927. The molecule has 1 atom stereocenters. The molecule has 324 valence electrons. The number of halogens is 21. The van der Waals surface area contributed by atoms with Crippen LogP contribution in [0.2, 0.25) is 0 Å². The Morgan fingerprint density at radius 2 is 0.557 bits per heavy atom. The van der Waals surface area contributed by atoms with E-state index >= 15 is 87.8 Å². The molecule has 0 radical (unpaired) electrons. The molecule has 0 aliphatic heterocycles. The maximum atomic E-state index is 17.3. The van der Waals surface area contributed by atoms with Crippen LogP contribution in [0.5, 0.6) is 0 Å². The van der Waals surface area contributed by atoms with Crippen molar-refractivity contribution in [3.63, 3.8) is 0 Å². The van der Waals surface area contributed by atoms with Gasteiger partial charge in [-0.25, -0.2) is 0 Å². The summed E-state index contributed by atoms with van der Waals surface area (Å²) in [6.45, 7) is 1.17. The van der Waals surface area contributed by atoms with E-state index in [2.05, 4.69) is 0 Å². The van der Waals surface area contributed by atoms with Crippen LogP contribution in [0.4, 0.5) is 87.8 Å². The Kier molecular flexibility index (Phi) is 11.3. The van der Waals surface area contributed by atoms with Gasteiger partial charge in [0.15, 0.2) is 0 Å². The molecule has 0 bridgehead atoms. The summed E-state index contributed by atoms with van der Waals surface area (Å²) < 4.78 is 308. The van der Waals surface area contributed by atoms with E-state index in [0.29, 0.717) is 12.1 Å². The molecule has 6 aromatic carbocycles. The molecule has 0 aliphatic carbocycles. The summed E-state index contributed by atoms with van der Waals surface area (Å²) in [7, 11) is 0. The number of alkyl halides is 1. The van der Waals surface area contributed by atoms with Gasteiger partial charge >= 0.3 is 330 Å². The van der Waals surface area contributed by atoms with E-state index in [0.717, 1.165) is 43.3 Å². The van der Waals surface area contributed by atoms with E-state index in [1.807, 2.05) is 0 Å². The molecule has 0 fully saturated rings. The third kappa shape index (κ3) is 5.59. The quantitative estimate of drug-likeness (QED) is 0.0469. The van der Waals surface area contributed by atoms with Crippen LogP contribution in [0, 0.1) is 138 Å². The molecule has 61 heavy (non-hydrogen) atoms. The van der Waals surface area contributed by atoms with Crippen molar-refractivity contribution in [2.45, 2.75) is 23.7 Å². The van der Waals surface area contributed by atoms with Crippen molar-refractivity contribution < 1.29 is 87.8 Å². The van der Waals surface area contributed by atoms with Gasteiger partial charge in [0.2, 0.25) is 0 Å². The third-order valence-electron chi connectivity index (χ3n) is 10.1. The molecule has 21 heteroatoms. The first kappa shape index (κ1) is 45.2. The van der Waals surface area contributed by atoms with Crippen molar-refractivity contribution in [1.82, 2.24) is 0 Å². The Morgan fingerprint density at radius 1 is 0.328 bits per heavy atom. The predicted octanol–water partition coefficient (Wildman–Crippen LogP) is 13.3. The molecule has 0 nitrogen and oxygen atoms in total. The Balaban J connectivity index is 2.38. The monoisotopic (exact) mass is 1000 g/mol. The van der Waals surface area contributed by atoms with Gasteiger partial charge in [-0.3, -0.25) is 0 Å². The fraction of sp³-hybridized carbons (Fsp3) is 0.100. The Hall–Kier alpha value is -5.35. The van der Waals surface area contributed by atoms with Gasteiger partial charge in [0.05, 0.1) is 0 Å². The first-order chi connectivity index (χ1) is 28.4. The zero-order valence-electron chi connectivity index (χ0n) is 29.8. The van der Waals surface area contributed by atoms with Gasteiger partial charge < -0.3 is 0 Å². The number of rotatable bonds is 8. The van der Waals surface area contributed by atoms with Crippen molar-refractivity contribution in [2.75, 3.05) is 0 Å². The van der Waals surface area contributed by atoms with Crippen LogP contribution in [-0.2, 0) is 9.84 Å². The van der Waals surface area contributed by atoms with Gasteiger partial charge in [0.25, 0.3) is 0 Å². The van der Waals surface area contributed by atoms with Crippen LogP contribution in [0.1, 0.15) is 23.6 Å². The molecule has 0 saturated carbocycles. The third-order valence-corrected chi connectivity index (χ3v) is 28.3. The molecule has 6 aromatic rings. The van der Waals surface area contributed by atoms with Crippen LogP contribution in [0.3, 0.4) is 0 Å². The van der Waals surface area contributed by atoms with Gasteiger partial charge in [0, 0.05) is 0 Å². The van der Waals surface area contributed by atoms with Crippen LogP contribution in [0.15, 0.2) is 54.6 Å². The normalized spacial score (nSPS) is 13.6. The summed E-state index contributed by atoms with van der Waals surface area (Å²) in [5, 5.41) is 0. The van der Waals surface area contributed by atoms with Crippen LogP contribution >= 0.6 is 17.0 Å². The molecule has 0 aliphatic rings. The van der Waals surface area contributed by atoms with Gasteiger partial charge in [-0.1, -0.05) is 0 Å². The molecule has 0 heterocycles. The van der Waals surface area contributed by atoms with Crippen molar-refractivity contribution in [3.8, 4) is 0 Å². The maximum absolute atomic E-state index is 17.3. The van der Waals surface area contributed by atoms with E-state index in [1.54, 1.807) is 0 Å². The Bertz CT molecular complexity index is 2440. The van der Waals surface area contributed by atoms with Crippen molar-refractivity contribution >= 4 is 17.0 Å². The summed E-state index contributed by atoms with van der Waals surface area (Å²) >= 11 is -11.2. The predicted molar refractivity (Wildman–Crippen MR) is 182 cm³/mol. The standard InChI is InChI=1S/C40H17F20I/c1-13-8-6-7-9-14(13)12-40(2,15-10-4-3-5-11-15)61(36-28(53)20(45)16(41)21(46)29(36)54,37-30(55)22(47)17(42)23(48)31(37)56,38-32(57)24(49)18(43)25(50)33(38)58)39-34(59)26(51)19(44)27(52)35(39)60/h3-11H,12H2,1-2H3. The van der Waals surface area contributed by atoms with Crippen LogP contribution in [-0.4, -0.2) is 0 Å². The van der Waals surface area contributed by atoms with Gasteiger partial charge in [0.1, 0.15) is 0 Å². The molecule has 0 amide bonds. The Labute approximate surface area is 329 Å². The zero-order valence-corrected chi connectivity index (χ0v) is 32.0. The Morgan fingerprint density at radius 3 is 0.820 bits per heavy atom. The van der Waals surface area contributed by atoms with E-state index in [4.69, 9.17) is 0 Å². The first-order valence-corrected chi connectivity index (χ1v) is 21.8. The molecule has 6 rings (SSSR count). The molecular formula is C40H17F20I. The zero-order chi connectivity index (χ0) is 45.6. The summed E-state index contributed by atoms with van der Waals surface area (Å²) in [4.78, 5) is 0. The first-order valence-electron chi connectivity index (χ1n) is 16.4. The van der Waals surface area contributed by atoms with E-state index in [9.17, 15) is 0 Å². The van der Waals surface area contributed by atoms with Crippen molar-refractivity contribution in [2.24, 2.45) is 0 Å².